The van der Waals surface area contributed by atoms with Crippen molar-refractivity contribution >= 4 is 35.9 Å². The van der Waals surface area contributed by atoms with Crippen molar-refractivity contribution in [3.63, 3.8) is 0 Å². The lowest BCUT2D eigenvalue weighted by molar-refractivity contribution is -0.176. The fourth-order valence-electron chi connectivity index (χ4n) is 4.11. The van der Waals surface area contributed by atoms with Crippen LogP contribution in [0.15, 0.2) is 18.2 Å². The van der Waals surface area contributed by atoms with Gasteiger partial charge >= 0.3 is 5.97 Å². The average Bonchev–Trinajstić information content (AvgIpc) is 2.92. The van der Waals surface area contributed by atoms with E-state index in [2.05, 4.69) is 10.6 Å². The molecule has 0 bridgehead atoms. The third kappa shape index (κ3) is 5.16. The van der Waals surface area contributed by atoms with Gasteiger partial charge in [0.2, 0.25) is 11.8 Å². The summed E-state index contributed by atoms with van der Waals surface area (Å²) < 4.78 is 0. The largest absolute Gasteiger partial charge is 0.508 e. The first-order valence-electron chi connectivity index (χ1n) is 10.8. The second kappa shape index (κ2) is 10.3. The molecule has 182 valence electrons. The number of carbonyl (C=O) groups is 6. The number of phenols is 1. The molecule has 4 amide bonds. The molecule has 12 nitrogen and oxygen atoms in total. The van der Waals surface area contributed by atoms with Gasteiger partial charge in [-0.2, -0.15) is 0 Å². The van der Waals surface area contributed by atoms with Gasteiger partial charge in [0.25, 0.3) is 11.8 Å². The number of amides is 4. The van der Waals surface area contributed by atoms with E-state index in [0.29, 0.717) is 18.3 Å². The third-order valence-electron chi connectivity index (χ3n) is 5.91. The first-order valence-corrected chi connectivity index (χ1v) is 10.8. The maximum atomic E-state index is 13.4. The van der Waals surface area contributed by atoms with Crippen molar-refractivity contribution in [1.29, 1.82) is 0 Å². The van der Waals surface area contributed by atoms with Crippen LogP contribution in [0.2, 0.25) is 0 Å². The van der Waals surface area contributed by atoms with Gasteiger partial charge < -0.3 is 25.6 Å². The number of rotatable bonds is 7. The van der Waals surface area contributed by atoms with E-state index in [-0.39, 0.29) is 37.1 Å². The molecule has 2 aliphatic heterocycles. The van der Waals surface area contributed by atoms with Crippen LogP contribution >= 0.6 is 0 Å². The monoisotopic (exact) mass is 474 g/mol. The van der Waals surface area contributed by atoms with Gasteiger partial charge in [-0.25, -0.2) is 5.01 Å². The first-order chi connectivity index (χ1) is 16.1. The zero-order valence-corrected chi connectivity index (χ0v) is 18.5. The fourth-order valence-corrected chi connectivity index (χ4v) is 4.11. The summed E-state index contributed by atoms with van der Waals surface area (Å²) in [7, 11) is 0. The molecule has 1 aromatic rings. The van der Waals surface area contributed by atoms with E-state index in [0.717, 1.165) is 5.01 Å². The van der Waals surface area contributed by atoms with E-state index in [9.17, 15) is 33.9 Å². The Labute approximate surface area is 194 Å². The highest BCUT2D eigenvalue weighted by Crippen LogP contribution is 2.26. The molecule has 2 saturated heterocycles. The third-order valence-corrected chi connectivity index (χ3v) is 5.91. The van der Waals surface area contributed by atoms with E-state index in [1.54, 1.807) is 6.92 Å². The summed E-state index contributed by atoms with van der Waals surface area (Å²) in [6.07, 6.45) is 0.239. The SMILES string of the molecule is Cc1c(O)cccc1C(=O)N[C@H]1CCC(=O)N2CCC[C@@H](C(=O)N[C@H](C=O)CC(=O)O)N2C1=O. The van der Waals surface area contributed by atoms with Crippen molar-refractivity contribution in [1.82, 2.24) is 20.7 Å². The van der Waals surface area contributed by atoms with Crippen molar-refractivity contribution in [2.75, 3.05) is 6.54 Å². The van der Waals surface area contributed by atoms with E-state index >= 15 is 0 Å². The zero-order chi connectivity index (χ0) is 25.0. The van der Waals surface area contributed by atoms with Crippen molar-refractivity contribution < 1.29 is 39.0 Å². The smallest absolute Gasteiger partial charge is 0.305 e. The normalized spacial score (nSPS) is 21.2. The highest BCUT2D eigenvalue weighted by Gasteiger charge is 2.45. The van der Waals surface area contributed by atoms with Crippen LogP contribution in [0.5, 0.6) is 5.75 Å². The number of carbonyl (C=O) groups excluding carboxylic acids is 5. The van der Waals surface area contributed by atoms with Crippen LogP contribution in [0.1, 0.15) is 48.0 Å². The molecule has 4 N–H and O–H groups in total. The highest BCUT2D eigenvalue weighted by atomic mass is 16.4. The molecular weight excluding hydrogens is 448 g/mol. The number of hydrogen-bond donors (Lipinski definition) is 4. The number of fused-ring (bicyclic) bond motifs is 1. The minimum absolute atomic E-state index is 0.0125. The first kappa shape index (κ1) is 24.7. The molecule has 0 aliphatic carbocycles. The Kier molecular flexibility index (Phi) is 7.49. The Balaban J connectivity index is 1.83. The highest BCUT2D eigenvalue weighted by molar-refractivity contribution is 6.01. The minimum Gasteiger partial charge on any atom is -0.508 e. The number of nitrogens with one attached hydrogen (secondary N) is 2. The Morgan fingerprint density at radius 1 is 1.24 bits per heavy atom. The summed E-state index contributed by atoms with van der Waals surface area (Å²) in [4.78, 5) is 73.9. The molecule has 0 radical (unpaired) electrons. The molecule has 0 spiro atoms. The molecular formula is C22H26N4O8. The predicted octanol–water partition coefficient (Wildman–Crippen LogP) is -0.514. The van der Waals surface area contributed by atoms with Crippen LogP contribution in [-0.2, 0) is 24.0 Å². The number of aromatic hydroxyl groups is 1. The van der Waals surface area contributed by atoms with Crippen molar-refractivity contribution in [2.24, 2.45) is 0 Å². The lowest BCUT2D eigenvalue weighted by Crippen LogP contribution is -2.64. The second-order valence-corrected chi connectivity index (χ2v) is 8.22. The lowest BCUT2D eigenvalue weighted by atomic mass is 10.0. The molecule has 2 heterocycles. The second-order valence-electron chi connectivity index (χ2n) is 8.22. The molecule has 0 unspecified atom stereocenters. The maximum Gasteiger partial charge on any atom is 0.305 e. The lowest BCUT2D eigenvalue weighted by Gasteiger charge is -2.43. The number of hydrogen-bond acceptors (Lipinski definition) is 7. The van der Waals surface area contributed by atoms with Crippen LogP contribution in [0.25, 0.3) is 0 Å². The van der Waals surface area contributed by atoms with Gasteiger partial charge in [0, 0.05) is 24.1 Å². The maximum absolute atomic E-state index is 13.4. The van der Waals surface area contributed by atoms with Crippen molar-refractivity contribution in [3.05, 3.63) is 29.3 Å². The Morgan fingerprint density at radius 2 is 1.97 bits per heavy atom. The standard InChI is InChI=1S/C22H26N4O8/c1-12-14(4-2-6-17(12)28)20(32)24-15-7-8-18(29)25-9-3-5-16(26(25)22(15)34)21(33)23-13(11-27)10-19(30)31/h2,4,6,11,13,15-16,28H,3,5,7-10H2,1H3,(H,23,33)(H,24,32)(H,30,31)/t13-,15-,16-/m0/s1. The van der Waals surface area contributed by atoms with Gasteiger partial charge in [-0.3, -0.25) is 29.0 Å². The van der Waals surface area contributed by atoms with Crippen LogP contribution in [0.3, 0.4) is 0 Å². The fraction of sp³-hybridized carbons (Fsp3) is 0.455. The molecule has 2 fully saturated rings. The molecule has 0 aromatic heterocycles. The number of aldehydes is 1. The Morgan fingerprint density at radius 3 is 2.65 bits per heavy atom. The number of hydrazine groups is 1. The van der Waals surface area contributed by atoms with Gasteiger partial charge in [0.15, 0.2) is 0 Å². The van der Waals surface area contributed by atoms with E-state index < -0.39 is 54.1 Å². The summed E-state index contributed by atoms with van der Waals surface area (Å²) in [6.45, 7) is 1.75. The zero-order valence-electron chi connectivity index (χ0n) is 18.5. The molecule has 2 aliphatic rings. The molecule has 12 heteroatoms. The number of benzene rings is 1. The van der Waals surface area contributed by atoms with Gasteiger partial charge in [-0.1, -0.05) is 6.07 Å². The van der Waals surface area contributed by atoms with Crippen LogP contribution in [0.4, 0.5) is 0 Å². The Hall–Kier alpha value is -3.96. The average molecular weight is 474 g/mol. The number of phenolic OH excluding ortho intramolecular Hbond substituents is 1. The molecule has 0 saturated carbocycles. The van der Waals surface area contributed by atoms with E-state index in [4.69, 9.17) is 5.11 Å². The molecule has 1 aromatic carbocycles. The molecule has 3 atom stereocenters. The van der Waals surface area contributed by atoms with E-state index in [1.807, 2.05) is 0 Å². The summed E-state index contributed by atoms with van der Waals surface area (Å²) in [5.41, 5.74) is 0.489. The summed E-state index contributed by atoms with van der Waals surface area (Å²) >= 11 is 0. The number of nitrogens with zero attached hydrogens (tertiary/aromatic N) is 2. The summed E-state index contributed by atoms with van der Waals surface area (Å²) in [5.74, 6) is -3.81. The number of aliphatic carboxylic acids is 1. The van der Waals surface area contributed by atoms with Gasteiger partial charge in [0.05, 0.1) is 12.5 Å². The van der Waals surface area contributed by atoms with Gasteiger partial charge in [0.1, 0.15) is 24.1 Å². The van der Waals surface area contributed by atoms with Gasteiger partial charge in [-0.15, -0.1) is 0 Å². The van der Waals surface area contributed by atoms with Crippen LogP contribution in [0, 0.1) is 6.92 Å². The van der Waals surface area contributed by atoms with Crippen LogP contribution < -0.4 is 10.6 Å². The quantitative estimate of drug-likeness (QED) is 0.382. The number of carboxylic acids is 1. The topological polar surface area (TPSA) is 173 Å². The van der Waals surface area contributed by atoms with Crippen LogP contribution in [-0.4, -0.2) is 80.8 Å². The number of carboxylic acid groups (broad SMARTS) is 1. The minimum atomic E-state index is -1.29. The summed E-state index contributed by atoms with van der Waals surface area (Å²) in [5, 5.41) is 25.9. The van der Waals surface area contributed by atoms with E-state index in [1.165, 1.54) is 23.2 Å². The summed E-state index contributed by atoms with van der Waals surface area (Å²) in [6, 6.07) is 0.847. The van der Waals surface area contributed by atoms with Crippen molar-refractivity contribution in [3.8, 4) is 5.75 Å². The van der Waals surface area contributed by atoms with Gasteiger partial charge in [-0.05, 0) is 38.3 Å². The Bertz CT molecular complexity index is 1030. The predicted molar refractivity (Wildman–Crippen MR) is 115 cm³/mol. The molecule has 3 rings (SSSR count). The van der Waals surface area contributed by atoms with Crippen molar-refractivity contribution in [2.45, 2.75) is 57.2 Å². The molecule has 34 heavy (non-hydrogen) atoms.